The molecule has 4 rings (SSSR count). The highest BCUT2D eigenvalue weighted by Crippen LogP contribution is 2.28. The molecular formula is C20H15NO. The van der Waals surface area contributed by atoms with Crippen LogP contribution in [-0.4, -0.2) is 10.8 Å². The fourth-order valence-corrected chi connectivity index (χ4v) is 2.97. The molecule has 0 bridgehead atoms. The summed E-state index contributed by atoms with van der Waals surface area (Å²) in [6.45, 7) is 0. The Balaban J connectivity index is 1.80. The van der Waals surface area contributed by atoms with Crippen LogP contribution in [-0.2, 0) is 6.42 Å². The maximum Gasteiger partial charge on any atom is 0.190 e. The van der Waals surface area contributed by atoms with Gasteiger partial charge in [-0.3, -0.25) is 9.78 Å². The number of aromatic nitrogens is 1. The zero-order valence-electron chi connectivity index (χ0n) is 12.1. The van der Waals surface area contributed by atoms with E-state index in [1.807, 2.05) is 66.7 Å². The van der Waals surface area contributed by atoms with E-state index < -0.39 is 0 Å². The molecular weight excluding hydrogens is 270 g/mol. The first-order valence-electron chi connectivity index (χ1n) is 7.50. The Labute approximate surface area is 129 Å². The first-order chi connectivity index (χ1) is 10.8. The fraction of sp³-hybridized carbons (Fsp3) is 0.100. The van der Waals surface area contributed by atoms with Gasteiger partial charge in [0.25, 0.3) is 0 Å². The van der Waals surface area contributed by atoms with E-state index in [1.165, 1.54) is 0 Å². The number of rotatable bonds is 1. The van der Waals surface area contributed by atoms with Crippen molar-refractivity contribution in [3.63, 3.8) is 0 Å². The fourth-order valence-electron chi connectivity index (χ4n) is 2.97. The molecule has 2 aromatic carbocycles. The molecule has 0 unspecified atom stereocenters. The van der Waals surface area contributed by atoms with Gasteiger partial charge in [-0.25, -0.2) is 0 Å². The number of para-hydroxylation sites is 1. The van der Waals surface area contributed by atoms with Gasteiger partial charge in [0, 0.05) is 16.5 Å². The van der Waals surface area contributed by atoms with Gasteiger partial charge in [0.2, 0.25) is 0 Å². The first-order valence-corrected chi connectivity index (χ1v) is 7.50. The van der Waals surface area contributed by atoms with Crippen LogP contribution < -0.4 is 0 Å². The van der Waals surface area contributed by atoms with Crippen LogP contribution in [0.3, 0.4) is 0 Å². The van der Waals surface area contributed by atoms with E-state index >= 15 is 0 Å². The lowest BCUT2D eigenvalue weighted by molar-refractivity contribution is 0.102. The SMILES string of the molecule is O=C1/C(=C/c2ccccc2)CCc2nc3ccccc3cc21. The number of ketones is 1. The molecule has 22 heavy (non-hydrogen) atoms. The number of nitrogens with zero attached hydrogens (tertiary/aromatic N) is 1. The Kier molecular flexibility index (Phi) is 3.08. The van der Waals surface area contributed by atoms with Crippen molar-refractivity contribution in [3.8, 4) is 0 Å². The highest BCUT2D eigenvalue weighted by atomic mass is 16.1. The number of hydrogen-bond donors (Lipinski definition) is 0. The van der Waals surface area contributed by atoms with E-state index in [0.29, 0.717) is 0 Å². The molecule has 0 fully saturated rings. The van der Waals surface area contributed by atoms with Gasteiger partial charge in [-0.1, -0.05) is 48.5 Å². The van der Waals surface area contributed by atoms with Crippen molar-refractivity contribution >= 4 is 22.8 Å². The molecule has 0 aliphatic heterocycles. The summed E-state index contributed by atoms with van der Waals surface area (Å²) in [6, 6.07) is 19.9. The Bertz CT molecular complexity index is 894. The van der Waals surface area contributed by atoms with Gasteiger partial charge < -0.3 is 0 Å². The van der Waals surface area contributed by atoms with Crippen molar-refractivity contribution < 1.29 is 4.79 Å². The van der Waals surface area contributed by atoms with Crippen LogP contribution in [0.4, 0.5) is 0 Å². The van der Waals surface area contributed by atoms with Crippen LogP contribution in [0.15, 0.2) is 66.2 Å². The van der Waals surface area contributed by atoms with Gasteiger partial charge in [0.1, 0.15) is 0 Å². The minimum atomic E-state index is 0.114. The quantitative estimate of drug-likeness (QED) is 0.618. The highest BCUT2D eigenvalue weighted by Gasteiger charge is 2.23. The van der Waals surface area contributed by atoms with Crippen LogP contribution in [0.25, 0.3) is 17.0 Å². The number of carbonyl (C=O) groups excluding carboxylic acids is 1. The molecule has 0 saturated carbocycles. The monoisotopic (exact) mass is 285 g/mol. The van der Waals surface area contributed by atoms with Crippen LogP contribution in [0.1, 0.15) is 28.0 Å². The topological polar surface area (TPSA) is 30.0 Å². The number of hydrogen-bond acceptors (Lipinski definition) is 2. The summed E-state index contributed by atoms with van der Waals surface area (Å²) >= 11 is 0. The van der Waals surface area contributed by atoms with Gasteiger partial charge in [0.15, 0.2) is 5.78 Å². The highest BCUT2D eigenvalue weighted by molar-refractivity contribution is 6.14. The summed E-state index contributed by atoms with van der Waals surface area (Å²) in [5, 5.41) is 1.02. The van der Waals surface area contributed by atoms with Crippen molar-refractivity contribution in [2.75, 3.05) is 0 Å². The van der Waals surface area contributed by atoms with E-state index in [-0.39, 0.29) is 5.78 Å². The van der Waals surface area contributed by atoms with Crippen molar-refractivity contribution in [1.82, 2.24) is 4.98 Å². The van der Waals surface area contributed by atoms with Crippen LogP contribution in [0.2, 0.25) is 0 Å². The Morgan fingerprint density at radius 2 is 1.68 bits per heavy atom. The molecule has 3 aromatic rings. The molecule has 0 N–H and O–H groups in total. The largest absolute Gasteiger partial charge is 0.289 e. The molecule has 0 atom stereocenters. The lowest BCUT2D eigenvalue weighted by Crippen LogP contribution is -2.15. The minimum absolute atomic E-state index is 0.114. The number of Topliss-reactive ketones (excluding diaryl/α,β-unsaturated/α-hetero) is 1. The molecule has 1 aliphatic carbocycles. The van der Waals surface area contributed by atoms with Gasteiger partial charge in [-0.05, 0) is 36.6 Å². The summed E-state index contributed by atoms with van der Waals surface area (Å²) in [6.07, 6.45) is 3.58. The van der Waals surface area contributed by atoms with Crippen molar-refractivity contribution in [2.45, 2.75) is 12.8 Å². The molecule has 0 saturated heterocycles. The second-order valence-corrected chi connectivity index (χ2v) is 5.58. The zero-order valence-corrected chi connectivity index (χ0v) is 12.1. The predicted molar refractivity (Wildman–Crippen MR) is 88.8 cm³/mol. The predicted octanol–water partition coefficient (Wildman–Crippen LogP) is 4.45. The number of carbonyl (C=O) groups is 1. The number of fused-ring (bicyclic) bond motifs is 2. The van der Waals surface area contributed by atoms with Crippen LogP contribution in [0, 0.1) is 0 Å². The third kappa shape index (κ3) is 2.23. The summed E-state index contributed by atoms with van der Waals surface area (Å²) in [7, 11) is 0. The minimum Gasteiger partial charge on any atom is -0.289 e. The van der Waals surface area contributed by atoms with E-state index in [2.05, 4.69) is 4.98 Å². The molecule has 1 heterocycles. The van der Waals surface area contributed by atoms with E-state index in [9.17, 15) is 4.79 Å². The summed E-state index contributed by atoms with van der Waals surface area (Å²) in [4.78, 5) is 17.4. The van der Waals surface area contributed by atoms with Crippen molar-refractivity contribution in [1.29, 1.82) is 0 Å². The summed E-state index contributed by atoms with van der Waals surface area (Å²) in [5.41, 5.74) is 4.59. The van der Waals surface area contributed by atoms with Crippen molar-refractivity contribution in [3.05, 3.63) is 83.1 Å². The number of aryl methyl sites for hydroxylation is 1. The first kappa shape index (κ1) is 13.0. The number of pyridine rings is 1. The molecule has 0 radical (unpaired) electrons. The second kappa shape index (κ2) is 5.23. The Hall–Kier alpha value is -2.74. The van der Waals surface area contributed by atoms with Gasteiger partial charge >= 0.3 is 0 Å². The number of benzene rings is 2. The number of allylic oxidation sites excluding steroid dienone is 1. The lowest BCUT2D eigenvalue weighted by atomic mass is 9.88. The normalized spacial score (nSPS) is 16.0. The average Bonchev–Trinajstić information content (AvgIpc) is 2.57. The zero-order chi connectivity index (χ0) is 14.9. The van der Waals surface area contributed by atoms with E-state index in [0.717, 1.165) is 46.1 Å². The smallest absolute Gasteiger partial charge is 0.190 e. The summed E-state index contributed by atoms with van der Waals surface area (Å²) in [5.74, 6) is 0.114. The van der Waals surface area contributed by atoms with Gasteiger partial charge in [-0.2, -0.15) is 0 Å². The summed E-state index contributed by atoms with van der Waals surface area (Å²) < 4.78 is 0. The van der Waals surface area contributed by atoms with Crippen LogP contribution in [0.5, 0.6) is 0 Å². The van der Waals surface area contributed by atoms with Gasteiger partial charge in [0.05, 0.1) is 11.2 Å². The molecule has 106 valence electrons. The Morgan fingerprint density at radius 1 is 0.909 bits per heavy atom. The maximum atomic E-state index is 12.8. The third-order valence-electron chi connectivity index (χ3n) is 4.11. The standard InChI is InChI=1S/C20H15NO/c22-20-16(12-14-6-2-1-3-7-14)10-11-19-17(20)13-15-8-4-5-9-18(15)21-19/h1-9,12-13H,10-11H2/b16-12+. The molecule has 0 spiro atoms. The van der Waals surface area contributed by atoms with Crippen LogP contribution >= 0.6 is 0 Å². The second-order valence-electron chi connectivity index (χ2n) is 5.58. The molecule has 2 heteroatoms. The lowest BCUT2D eigenvalue weighted by Gasteiger charge is -2.17. The average molecular weight is 285 g/mol. The molecule has 0 amide bonds. The van der Waals surface area contributed by atoms with E-state index in [1.54, 1.807) is 0 Å². The van der Waals surface area contributed by atoms with E-state index in [4.69, 9.17) is 0 Å². The van der Waals surface area contributed by atoms with Crippen molar-refractivity contribution in [2.24, 2.45) is 0 Å². The maximum absolute atomic E-state index is 12.8. The van der Waals surface area contributed by atoms with Gasteiger partial charge in [-0.15, -0.1) is 0 Å². The Morgan fingerprint density at radius 3 is 2.55 bits per heavy atom. The molecule has 1 aliphatic rings. The molecule has 2 nitrogen and oxygen atoms in total. The molecule has 1 aromatic heterocycles. The third-order valence-corrected chi connectivity index (χ3v) is 4.11.